The Morgan fingerprint density at radius 3 is 2.78 bits per heavy atom. The number of rotatable bonds is 4. The summed E-state index contributed by atoms with van der Waals surface area (Å²) in [5.74, 6) is 1.87. The third-order valence-corrected chi connectivity index (χ3v) is 4.19. The number of piperazine rings is 1. The lowest BCUT2D eigenvalue weighted by atomic mass is 10.0. The van der Waals surface area contributed by atoms with Gasteiger partial charge in [0, 0.05) is 37.6 Å². The topological polar surface area (TPSA) is 41.0 Å². The van der Waals surface area contributed by atoms with E-state index in [2.05, 4.69) is 27.1 Å². The minimum Gasteiger partial charge on any atom is -0.311 e. The minimum absolute atomic E-state index is 0.629. The molecule has 2 heterocycles. The molecule has 1 aliphatic carbocycles. The average molecular weight is 246 g/mol. The monoisotopic (exact) mass is 246 g/mol. The summed E-state index contributed by atoms with van der Waals surface area (Å²) in [6.45, 7) is 5.43. The van der Waals surface area contributed by atoms with Crippen LogP contribution < -0.4 is 5.32 Å². The van der Waals surface area contributed by atoms with Gasteiger partial charge in [0.1, 0.15) is 5.82 Å². The van der Waals surface area contributed by atoms with E-state index in [4.69, 9.17) is 0 Å². The van der Waals surface area contributed by atoms with Gasteiger partial charge >= 0.3 is 0 Å². The first-order valence-corrected chi connectivity index (χ1v) is 7.10. The van der Waals surface area contributed by atoms with Crippen LogP contribution in [0, 0.1) is 5.92 Å². The lowest BCUT2D eigenvalue weighted by Gasteiger charge is -2.40. The molecule has 2 fully saturated rings. The number of aromatic nitrogens is 2. The molecular weight excluding hydrogens is 224 g/mol. The Balaban J connectivity index is 1.66. The summed E-state index contributed by atoms with van der Waals surface area (Å²) < 4.78 is 0. The van der Waals surface area contributed by atoms with Crippen LogP contribution in [0.2, 0.25) is 0 Å². The van der Waals surface area contributed by atoms with Crippen LogP contribution in [0.15, 0.2) is 18.5 Å². The van der Waals surface area contributed by atoms with E-state index in [1.54, 1.807) is 0 Å². The fraction of sp³-hybridized carbons (Fsp3) is 0.714. The van der Waals surface area contributed by atoms with Gasteiger partial charge in [0.05, 0.1) is 6.54 Å². The van der Waals surface area contributed by atoms with E-state index in [-0.39, 0.29) is 0 Å². The van der Waals surface area contributed by atoms with E-state index in [9.17, 15) is 0 Å². The number of hydrogen-bond donors (Lipinski definition) is 1. The van der Waals surface area contributed by atoms with E-state index in [1.807, 2.05) is 18.5 Å². The van der Waals surface area contributed by atoms with Crippen LogP contribution in [0.4, 0.5) is 0 Å². The highest BCUT2D eigenvalue weighted by molar-refractivity contribution is 4.96. The predicted octanol–water partition coefficient (Wildman–Crippen LogP) is 1.44. The normalized spacial score (nSPS) is 29.4. The number of hydrogen-bond acceptors (Lipinski definition) is 4. The second-order valence-corrected chi connectivity index (χ2v) is 5.51. The Morgan fingerprint density at radius 2 is 2.11 bits per heavy atom. The molecule has 1 aromatic heterocycles. The molecule has 0 amide bonds. The molecule has 3 rings (SSSR count). The summed E-state index contributed by atoms with van der Waals surface area (Å²) in [5, 5.41) is 3.72. The van der Waals surface area contributed by atoms with Crippen LogP contribution in [0.5, 0.6) is 0 Å². The molecule has 0 bridgehead atoms. The Bertz CT molecular complexity index is 377. The molecule has 0 radical (unpaired) electrons. The van der Waals surface area contributed by atoms with Crippen molar-refractivity contribution in [1.29, 1.82) is 0 Å². The molecule has 2 aliphatic rings. The van der Waals surface area contributed by atoms with Gasteiger partial charge in [-0.05, 0) is 31.2 Å². The Hall–Kier alpha value is -1.00. The highest BCUT2D eigenvalue weighted by Gasteiger charge is 2.36. The minimum atomic E-state index is 0.629. The highest BCUT2D eigenvalue weighted by Crippen LogP contribution is 2.34. The first-order chi connectivity index (χ1) is 8.86. The summed E-state index contributed by atoms with van der Waals surface area (Å²) in [6, 6.07) is 3.20. The zero-order chi connectivity index (χ0) is 12.4. The third-order valence-electron chi connectivity index (χ3n) is 4.19. The van der Waals surface area contributed by atoms with Gasteiger partial charge in [-0.2, -0.15) is 0 Å². The van der Waals surface area contributed by atoms with Crippen molar-refractivity contribution >= 4 is 0 Å². The molecule has 2 unspecified atom stereocenters. The molecular formula is C14H22N4. The fourth-order valence-corrected chi connectivity index (χ4v) is 2.89. The maximum absolute atomic E-state index is 4.35. The molecule has 1 saturated heterocycles. The van der Waals surface area contributed by atoms with E-state index >= 15 is 0 Å². The Kier molecular flexibility index (Phi) is 3.57. The summed E-state index contributed by atoms with van der Waals surface area (Å²) >= 11 is 0. The standard InChI is InChI=1S/C14H22N4/c1-2-12-8-17-13(11-4-5-11)9-18(12)10-14-15-6-3-7-16-14/h3,6-7,11-13,17H,2,4-5,8-10H2,1H3. The van der Waals surface area contributed by atoms with Crippen LogP contribution in [-0.2, 0) is 6.54 Å². The maximum Gasteiger partial charge on any atom is 0.142 e. The first kappa shape index (κ1) is 12.1. The zero-order valence-electron chi connectivity index (χ0n) is 11.0. The van der Waals surface area contributed by atoms with Gasteiger partial charge in [0.2, 0.25) is 0 Å². The first-order valence-electron chi connectivity index (χ1n) is 7.10. The predicted molar refractivity (Wildman–Crippen MR) is 71.0 cm³/mol. The SMILES string of the molecule is CCC1CNC(C2CC2)CN1Cc1ncccn1. The number of nitrogens with one attached hydrogen (secondary N) is 1. The van der Waals surface area contributed by atoms with Crippen LogP contribution in [0.3, 0.4) is 0 Å². The molecule has 1 aliphatic heterocycles. The van der Waals surface area contributed by atoms with E-state index in [0.29, 0.717) is 12.1 Å². The zero-order valence-corrected chi connectivity index (χ0v) is 11.0. The maximum atomic E-state index is 4.35. The lowest BCUT2D eigenvalue weighted by Crippen LogP contribution is -2.56. The molecule has 2 atom stereocenters. The van der Waals surface area contributed by atoms with E-state index in [0.717, 1.165) is 31.4 Å². The van der Waals surface area contributed by atoms with E-state index in [1.165, 1.54) is 19.3 Å². The summed E-state index contributed by atoms with van der Waals surface area (Å²) in [7, 11) is 0. The van der Waals surface area contributed by atoms with Crippen LogP contribution in [0.25, 0.3) is 0 Å². The molecule has 0 aromatic carbocycles. The summed E-state index contributed by atoms with van der Waals surface area (Å²) in [6.07, 6.45) is 7.68. The average Bonchev–Trinajstić information content (AvgIpc) is 3.24. The molecule has 4 heteroatoms. The van der Waals surface area contributed by atoms with Crippen molar-refractivity contribution in [3.8, 4) is 0 Å². The Labute approximate surface area is 109 Å². The van der Waals surface area contributed by atoms with Gasteiger partial charge in [0.25, 0.3) is 0 Å². The van der Waals surface area contributed by atoms with Crippen molar-refractivity contribution in [1.82, 2.24) is 20.2 Å². The summed E-state index contributed by atoms with van der Waals surface area (Å²) in [4.78, 5) is 11.3. The molecule has 98 valence electrons. The molecule has 0 spiro atoms. The van der Waals surface area contributed by atoms with Crippen molar-refractivity contribution in [2.24, 2.45) is 5.92 Å². The van der Waals surface area contributed by atoms with Crippen LogP contribution in [0.1, 0.15) is 32.0 Å². The van der Waals surface area contributed by atoms with E-state index < -0.39 is 0 Å². The quantitative estimate of drug-likeness (QED) is 0.873. The van der Waals surface area contributed by atoms with Crippen molar-refractivity contribution in [2.45, 2.75) is 44.8 Å². The van der Waals surface area contributed by atoms with Crippen molar-refractivity contribution in [3.63, 3.8) is 0 Å². The second kappa shape index (κ2) is 5.33. The molecule has 1 aromatic rings. The van der Waals surface area contributed by atoms with Crippen molar-refractivity contribution in [2.75, 3.05) is 13.1 Å². The lowest BCUT2D eigenvalue weighted by molar-refractivity contribution is 0.109. The summed E-state index contributed by atoms with van der Waals surface area (Å²) in [5.41, 5.74) is 0. The van der Waals surface area contributed by atoms with Crippen molar-refractivity contribution in [3.05, 3.63) is 24.3 Å². The van der Waals surface area contributed by atoms with Crippen LogP contribution >= 0.6 is 0 Å². The van der Waals surface area contributed by atoms with Crippen LogP contribution in [-0.4, -0.2) is 40.0 Å². The molecule has 18 heavy (non-hydrogen) atoms. The molecule has 1 N–H and O–H groups in total. The van der Waals surface area contributed by atoms with Gasteiger partial charge in [-0.3, -0.25) is 4.90 Å². The third kappa shape index (κ3) is 2.70. The highest BCUT2D eigenvalue weighted by atomic mass is 15.2. The Morgan fingerprint density at radius 1 is 1.33 bits per heavy atom. The fourth-order valence-electron chi connectivity index (χ4n) is 2.89. The van der Waals surface area contributed by atoms with Gasteiger partial charge in [-0.15, -0.1) is 0 Å². The van der Waals surface area contributed by atoms with Crippen molar-refractivity contribution < 1.29 is 0 Å². The smallest absolute Gasteiger partial charge is 0.142 e. The molecule has 4 nitrogen and oxygen atoms in total. The second-order valence-electron chi connectivity index (χ2n) is 5.51. The number of nitrogens with zero attached hydrogens (tertiary/aromatic N) is 3. The molecule has 1 saturated carbocycles. The van der Waals surface area contributed by atoms with Gasteiger partial charge in [-0.1, -0.05) is 6.92 Å². The van der Waals surface area contributed by atoms with Gasteiger partial charge in [0.15, 0.2) is 0 Å². The van der Waals surface area contributed by atoms with Gasteiger partial charge < -0.3 is 5.32 Å². The largest absolute Gasteiger partial charge is 0.311 e. The van der Waals surface area contributed by atoms with Gasteiger partial charge in [-0.25, -0.2) is 9.97 Å².